The van der Waals surface area contributed by atoms with E-state index in [0.29, 0.717) is 6.54 Å². The van der Waals surface area contributed by atoms with Gasteiger partial charge in [0.25, 0.3) is 0 Å². The number of ether oxygens (including phenoxy) is 1. The number of esters is 1. The zero-order chi connectivity index (χ0) is 17.9. The number of hydrogen-bond donors (Lipinski definition) is 0. The molecule has 0 aliphatic carbocycles. The maximum absolute atomic E-state index is 12.5. The van der Waals surface area contributed by atoms with Gasteiger partial charge in [-0.1, -0.05) is 60.4 Å². The van der Waals surface area contributed by atoms with Crippen LogP contribution in [0.4, 0.5) is 0 Å². The first kappa shape index (κ1) is 17.3. The standard InChI is InChI=1S/C22H23NO2/c1-22(2,3)25-21(24)20-19(15-14-17-10-6-4-7-11-17)23(20)16-18-12-8-5-9-13-18/h4-13,19-20H,16H2,1-3H3/t19-,20-,23?/m1/s1. The molecule has 0 amide bonds. The molecule has 1 aliphatic heterocycles. The van der Waals surface area contributed by atoms with E-state index in [9.17, 15) is 4.79 Å². The summed E-state index contributed by atoms with van der Waals surface area (Å²) in [4.78, 5) is 14.6. The Morgan fingerprint density at radius 1 is 1.04 bits per heavy atom. The molecule has 1 heterocycles. The summed E-state index contributed by atoms with van der Waals surface area (Å²) >= 11 is 0. The third kappa shape index (κ3) is 4.71. The Kier molecular flexibility index (Phi) is 4.92. The second kappa shape index (κ2) is 7.13. The molecule has 1 fully saturated rings. The van der Waals surface area contributed by atoms with Gasteiger partial charge in [-0.2, -0.15) is 0 Å². The van der Waals surface area contributed by atoms with Gasteiger partial charge in [-0.05, 0) is 38.5 Å². The monoisotopic (exact) mass is 333 g/mol. The lowest BCUT2D eigenvalue weighted by molar-refractivity contribution is -0.155. The van der Waals surface area contributed by atoms with Crippen molar-refractivity contribution in [3.05, 3.63) is 71.8 Å². The molecule has 0 bridgehead atoms. The molecule has 0 aromatic heterocycles. The minimum absolute atomic E-state index is 0.102. The average Bonchev–Trinajstić information content (AvgIpc) is 3.26. The molecule has 0 N–H and O–H groups in total. The van der Waals surface area contributed by atoms with E-state index in [4.69, 9.17) is 4.74 Å². The lowest BCUT2D eigenvalue weighted by Crippen LogP contribution is -2.28. The number of hydrogen-bond acceptors (Lipinski definition) is 3. The van der Waals surface area contributed by atoms with Crippen molar-refractivity contribution in [2.24, 2.45) is 0 Å². The first-order chi connectivity index (χ1) is 11.9. The quantitative estimate of drug-likeness (QED) is 0.488. The molecule has 0 saturated carbocycles. The van der Waals surface area contributed by atoms with E-state index in [2.05, 4.69) is 28.9 Å². The van der Waals surface area contributed by atoms with Crippen molar-refractivity contribution in [2.75, 3.05) is 0 Å². The van der Waals surface area contributed by atoms with E-state index in [1.807, 2.05) is 69.3 Å². The van der Waals surface area contributed by atoms with Crippen molar-refractivity contribution in [2.45, 2.75) is 45.0 Å². The van der Waals surface area contributed by atoms with Crippen molar-refractivity contribution >= 4 is 5.97 Å². The number of carbonyl (C=O) groups excluding carboxylic acids is 1. The highest BCUT2D eigenvalue weighted by molar-refractivity contribution is 5.82. The smallest absolute Gasteiger partial charge is 0.326 e. The van der Waals surface area contributed by atoms with Crippen molar-refractivity contribution in [3.63, 3.8) is 0 Å². The molecule has 1 aliphatic rings. The van der Waals surface area contributed by atoms with Gasteiger partial charge in [0, 0.05) is 12.1 Å². The Labute approximate surface area is 149 Å². The Hall–Kier alpha value is -2.57. The van der Waals surface area contributed by atoms with E-state index in [-0.39, 0.29) is 18.1 Å². The topological polar surface area (TPSA) is 29.3 Å². The van der Waals surface area contributed by atoms with E-state index in [1.165, 1.54) is 5.56 Å². The molecular weight excluding hydrogens is 310 g/mol. The zero-order valence-corrected chi connectivity index (χ0v) is 14.9. The molecule has 1 unspecified atom stereocenters. The van der Waals surface area contributed by atoms with Crippen molar-refractivity contribution in [1.29, 1.82) is 0 Å². The predicted molar refractivity (Wildman–Crippen MR) is 98.7 cm³/mol. The lowest BCUT2D eigenvalue weighted by atomic mass is 10.2. The summed E-state index contributed by atoms with van der Waals surface area (Å²) in [6.07, 6.45) is 0. The first-order valence-corrected chi connectivity index (χ1v) is 8.53. The summed E-state index contributed by atoms with van der Waals surface area (Å²) in [6.45, 7) is 6.36. The zero-order valence-electron chi connectivity index (χ0n) is 14.9. The second-order valence-corrected chi connectivity index (χ2v) is 7.22. The van der Waals surface area contributed by atoms with Gasteiger partial charge in [0.05, 0.1) is 6.04 Å². The minimum atomic E-state index is -0.491. The van der Waals surface area contributed by atoms with Crippen LogP contribution in [0.5, 0.6) is 0 Å². The maximum Gasteiger partial charge on any atom is 0.326 e. The van der Waals surface area contributed by atoms with E-state index in [0.717, 1.165) is 5.56 Å². The summed E-state index contributed by atoms with van der Waals surface area (Å²) in [5, 5.41) is 0. The molecule has 2 aromatic rings. The molecule has 0 radical (unpaired) electrons. The summed E-state index contributed by atoms with van der Waals surface area (Å²) in [7, 11) is 0. The lowest BCUT2D eigenvalue weighted by Gasteiger charge is -2.19. The summed E-state index contributed by atoms with van der Waals surface area (Å²) in [6, 6.07) is 19.6. The Morgan fingerprint density at radius 3 is 2.24 bits per heavy atom. The van der Waals surface area contributed by atoms with Crippen molar-refractivity contribution < 1.29 is 9.53 Å². The molecule has 3 heteroatoms. The third-order valence-corrected chi connectivity index (χ3v) is 3.92. The predicted octanol–water partition coefficient (Wildman–Crippen LogP) is 3.63. The van der Waals surface area contributed by atoms with Gasteiger partial charge in [0.2, 0.25) is 0 Å². The fourth-order valence-electron chi connectivity index (χ4n) is 2.73. The molecule has 3 atom stereocenters. The number of benzene rings is 2. The molecule has 3 rings (SSSR count). The van der Waals surface area contributed by atoms with Crippen molar-refractivity contribution in [1.82, 2.24) is 4.90 Å². The van der Waals surface area contributed by atoms with Gasteiger partial charge in [-0.25, -0.2) is 0 Å². The number of carbonyl (C=O) groups is 1. The molecule has 25 heavy (non-hydrogen) atoms. The minimum Gasteiger partial charge on any atom is -0.459 e. The van der Waals surface area contributed by atoms with Crippen LogP contribution in [0.3, 0.4) is 0 Å². The summed E-state index contributed by atoms with van der Waals surface area (Å²) in [5.41, 5.74) is 1.63. The van der Waals surface area contributed by atoms with E-state index < -0.39 is 5.60 Å². The van der Waals surface area contributed by atoms with Crippen LogP contribution in [-0.2, 0) is 16.1 Å². The van der Waals surface area contributed by atoms with Crippen LogP contribution in [0.25, 0.3) is 0 Å². The van der Waals surface area contributed by atoms with Gasteiger partial charge in [-0.3, -0.25) is 9.69 Å². The SMILES string of the molecule is CC(C)(C)OC(=O)[C@H]1[C@@H](C#Cc2ccccc2)N1Cc1ccccc1. The van der Waals surface area contributed by atoms with Crippen LogP contribution >= 0.6 is 0 Å². The van der Waals surface area contributed by atoms with Gasteiger partial charge in [-0.15, -0.1) is 0 Å². The first-order valence-electron chi connectivity index (χ1n) is 8.53. The second-order valence-electron chi connectivity index (χ2n) is 7.22. The average molecular weight is 333 g/mol. The van der Waals surface area contributed by atoms with Crippen LogP contribution < -0.4 is 0 Å². The normalized spacial score (nSPS) is 21.8. The molecule has 3 nitrogen and oxygen atoms in total. The molecule has 0 spiro atoms. The van der Waals surface area contributed by atoms with Crippen molar-refractivity contribution in [3.8, 4) is 11.8 Å². The van der Waals surface area contributed by atoms with Crippen LogP contribution in [0.15, 0.2) is 60.7 Å². The number of nitrogens with zero attached hydrogens (tertiary/aromatic N) is 1. The van der Waals surface area contributed by atoms with Crippen LogP contribution in [0.2, 0.25) is 0 Å². The Balaban J connectivity index is 1.76. The highest BCUT2D eigenvalue weighted by Gasteiger charge is 2.53. The summed E-state index contributed by atoms with van der Waals surface area (Å²) in [5.74, 6) is 6.21. The Morgan fingerprint density at radius 2 is 1.64 bits per heavy atom. The molecule has 1 saturated heterocycles. The van der Waals surface area contributed by atoms with Crippen LogP contribution in [0, 0.1) is 11.8 Å². The highest BCUT2D eigenvalue weighted by Crippen LogP contribution is 2.32. The van der Waals surface area contributed by atoms with Crippen LogP contribution in [-0.4, -0.2) is 28.6 Å². The largest absolute Gasteiger partial charge is 0.459 e. The van der Waals surface area contributed by atoms with E-state index in [1.54, 1.807) is 0 Å². The fourth-order valence-corrected chi connectivity index (χ4v) is 2.73. The molecular formula is C22H23NO2. The Bertz CT molecular complexity index is 782. The third-order valence-electron chi connectivity index (χ3n) is 3.92. The van der Waals surface area contributed by atoms with Gasteiger partial charge in [0.1, 0.15) is 11.6 Å². The van der Waals surface area contributed by atoms with Gasteiger partial charge >= 0.3 is 5.97 Å². The van der Waals surface area contributed by atoms with Gasteiger partial charge < -0.3 is 4.74 Å². The fraction of sp³-hybridized carbons (Fsp3) is 0.318. The molecule has 2 aromatic carbocycles. The van der Waals surface area contributed by atoms with E-state index >= 15 is 0 Å². The maximum atomic E-state index is 12.5. The van der Waals surface area contributed by atoms with Crippen LogP contribution in [0.1, 0.15) is 31.9 Å². The number of rotatable bonds is 3. The van der Waals surface area contributed by atoms with Gasteiger partial charge in [0.15, 0.2) is 0 Å². The summed E-state index contributed by atoms with van der Waals surface area (Å²) < 4.78 is 5.56. The molecule has 128 valence electrons. The highest BCUT2D eigenvalue weighted by atomic mass is 16.6.